The predicted octanol–water partition coefficient (Wildman–Crippen LogP) is 3.80. The van der Waals surface area contributed by atoms with E-state index in [0.717, 1.165) is 5.56 Å². The Labute approximate surface area is 144 Å². The summed E-state index contributed by atoms with van der Waals surface area (Å²) in [5.74, 6) is 0.767. The Morgan fingerprint density at radius 2 is 1.52 bits per heavy atom. The third kappa shape index (κ3) is 5.07. The third-order valence-electron chi connectivity index (χ3n) is 3.57. The van der Waals surface area contributed by atoms with E-state index in [9.17, 15) is 13.6 Å². The van der Waals surface area contributed by atoms with Gasteiger partial charge in [-0.05, 0) is 36.8 Å². The molecular formula is C18H19F2NO4. The van der Waals surface area contributed by atoms with E-state index in [-0.39, 0.29) is 17.7 Å². The van der Waals surface area contributed by atoms with Crippen molar-refractivity contribution in [2.24, 2.45) is 0 Å². The fourth-order valence-corrected chi connectivity index (χ4v) is 2.24. The average Bonchev–Trinajstić information content (AvgIpc) is 2.61. The van der Waals surface area contributed by atoms with Crippen LogP contribution in [-0.4, -0.2) is 26.7 Å². The number of hydrogen-bond acceptors (Lipinski definition) is 4. The lowest BCUT2D eigenvalue weighted by molar-refractivity contribution is -0.0498. The molecule has 0 heterocycles. The Hall–Kier alpha value is -2.83. The molecule has 134 valence electrons. The van der Waals surface area contributed by atoms with Crippen molar-refractivity contribution in [2.45, 2.75) is 19.6 Å². The van der Waals surface area contributed by atoms with Crippen LogP contribution >= 0.6 is 0 Å². The highest BCUT2D eigenvalue weighted by atomic mass is 19.3. The van der Waals surface area contributed by atoms with Gasteiger partial charge in [0, 0.05) is 11.6 Å². The normalized spacial score (nSPS) is 11.8. The predicted molar refractivity (Wildman–Crippen MR) is 88.5 cm³/mol. The molecule has 1 atom stereocenters. The number of alkyl halides is 2. The van der Waals surface area contributed by atoms with Gasteiger partial charge in [-0.25, -0.2) is 0 Å². The summed E-state index contributed by atoms with van der Waals surface area (Å²) in [6.07, 6.45) is 0. The molecule has 2 aromatic rings. The minimum absolute atomic E-state index is 0.0646. The smallest absolute Gasteiger partial charge is 0.387 e. The van der Waals surface area contributed by atoms with Crippen LogP contribution in [0.4, 0.5) is 8.78 Å². The molecule has 0 fully saturated rings. The zero-order valence-electron chi connectivity index (χ0n) is 14.1. The molecule has 0 saturated heterocycles. The molecule has 0 aliphatic carbocycles. The van der Waals surface area contributed by atoms with Crippen LogP contribution in [0.25, 0.3) is 0 Å². The molecule has 2 aromatic carbocycles. The Bertz CT molecular complexity index is 697. The van der Waals surface area contributed by atoms with E-state index in [1.807, 2.05) is 0 Å². The minimum atomic E-state index is -2.87. The Morgan fingerprint density at radius 1 is 0.960 bits per heavy atom. The fourth-order valence-electron chi connectivity index (χ4n) is 2.24. The van der Waals surface area contributed by atoms with Crippen molar-refractivity contribution in [3.05, 3.63) is 53.6 Å². The number of carbonyl (C=O) groups excluding carboxylic acids is 1. The van der Waals surface area contributed by atoms with Crippen molar-refractivity contribution >= 4 is 5.91 Å². The van der Waals surface area contributed by atoms with Gasteiger partial charge in [-0.15, -0.1) is 0 Å². The van der Waals surface area contributed by atoms with Crippen LogP contribution in [0.5, 0.6) is 17.2 Å². The standard InChI is InChI=1S/C18H19F2NO4/c1-11(12-4-6-14(7-5-12)25-18(19)20)21-17(22)13-8-15(23-2)10-16(9-13)24-3/h4-11,18H,1-3H3,(H,21,22)/t11-/m1/s1. The van der Waals surface area contributed by atoms with Gasteiger partial charge in [-0.2, -0.15) is 8.78 Å². The summed E-state index contributed by atoms with van der Waals surface area (Å²) in [5, 5.41) is 2.84. The van der Waals surface area contributed by atoms with Crippen molar-refractivity contribution in [2.75, 3.05) is 14.2 Å². The lowest BCUT2D eigenvalue weighted by Gasteiger charge is -2.16. The summed E-state index contributed by atoms with van der Waals surface area (Å²) < 4.78 is 38.9. The van der Waals surface area contributed by atoms with Crippen LogP contribution in [-0.2, 0) is 0 Å². The summed E-state index contributed by atoms with van der Waals surface area (Å²) >= 11 is 0. The van der Waals surface area contributed by atoms with Crippen molar-refractivity contribution in [1.82, 2.24) is 5.32 Å². The Morgan fingerprint density at radius 3 is 2.00 bits per heavy atom. The van der Waals surface area contributed by atoms with E-state index in [0.29, 0.717) is 17.1 Å². The Balaban J connectivity index is 2.09. The molecule has 0 spiro atoms. The monoisotopic (exact) mass is 351 g/mol. The van der Waals surface area contributed by atoms with Crippen LogP contribution in [0.1, 0.15) is 28.9 Å². The minimum Gasteiger partial charge on any atom is -0.497 e. The molecule has 0 unspecified atom stereocenters. The molecule has 0 saturated carbocycles. The number of hydrogen-bond donors (Lipinski definition) is 1. The summed E-state index contributed by atoms with van der Waals surface area (Å²) in [5.41, 5.74) is 1.14. The quantitative estimate of drug-likeness (QED) is 0.824. The first kappa shape index (κ1) is 18.5. The first-order valence-electron chi connectivity index (χ1n) is 7.51. The molecule has 1 amide bonds. The molecule has 0 bridgehead atoms. The molecular weight excluding hydrogens is 332 g/mol. The first-order chi connectivity index (χ1) is 11.9. The highest BCUT2D eigenvalue weighted by Crippen LogP contribution is 2.24. The van der Waals surface area contributed by atoms with Crippen LogP contribution in [0.2, 0.25) is 0 Å². The molecule has 2 rings (SSSR count). The van der Waals surface area contributed by atoms with Crippen molar-refractivity contribution in [3.8, 4) is 17.2 Å². The topological polar surface area (TPSA) is 56.8 Å². The highest BCUT2D eigenvalue weighted by molar-refractivity contribution is 5.95. The Kier molecular flexibility index (Phi) is 6.16. The summed E-state index contributed by atoms with van der Waals surface area (Å²) in [6.45, 7) is -1.08. The second kappa shape index (κ2) is 8.32. The van der Waals surface area contributed by atoms with Crippen molar-refractivity contribution in [1.29, 1.82) is 0 Å². The van der Waals surface area contributed by atoms with Gasteiger partial charge in [-0.1, -0.05) is 12.1 Å². The van der Waals surface area contributed by atoms with Gasteiger partial charge < -0.3 is 19.5 Å². The molecule has 7 heteroatoms. The summed E-state index contributed by atoms with van der Waals surface area (Å²) in [7, 11) is 3.00. The maximum atomic E-state index is 12.4. The van der Waals surface area contributed by atoms with Crippen LogP contribution in [0.15, 0.2) is 42.5 Å². The molecule has 5 nitrogen and oxygen atoms in total. The largest absolute Gasteiger partial charge is 0.497 e. The number of halogens is 2. The average molecular weight is 351 g/mol. The number of ether oxygens (including phenoxy) is 3. The van der Waals surface area contributed by atoms with E-state index in [4.69, 9.17) is 9.47 Å². The molecule has 0 aromatic heterocycles. The summed E-state index contributed by atoms with van der Waals surface area (Å²) in [6, 6.07) is 10.6. The maximum Gasteiger partial charge on any atom is 0.387 e. The van der Waals surface area contributed by atoms with Crippen LogP contribution in [0, 0.1) is 0 Å². The molecule has 0 aliphatic rings. The highest BCUT2D eigenvalue weighted by Gasteiger charge is 2.14. The number of methoxy groups -OCH3 is 2. The summed E-state index contributed by atoms with van der Waals surface area (Å²) in [4.78, 5) is 12.4. The van der Waals surface area contributed by atoms with Gasteiger partial charge in [0.15, 0.2) is 0 Å². The van der Waals surface area contributed by atoms with Gasteiger partial charge in [0.2, 0.25) is 0 Å². The molecule has 0 aliphatic heterocycles. The second-order valence-electron chi connectivity index (χ2n) is 5.24. The first-order valence-corrected chi connectivity index (χ1v) is 7.51. The van der Waals surface area contributed by atoms with E-state index >= 15 is 0 Å². The van der Waals surface area contributed by atoms with Gasteiger partial charge >= 0.3 is 6.61 Å². The number of amides is 1. The van der Waals surface area contributed by atoms with E-state index in [2.05, 4.69) is 10.1 Å². The second-order valence-corrected chi connectivity index (χ2v) is 5.24. The maximum absolute atomic E-state index is 12.4. The number of benzene rings is 2. The van der Waals surface area contributed by atoms with Gasteiger partial charge in [0.25, 0.3) is 5.91 Å². The molecule has 25 heavy (non-hydrogen) atoms. The lowest BCUT2D eigenvalue weighted by atomic mass is 10.1. The molecule has 0 radical (unpaired) electrons. The SMILES string of the molecule is COc1cc(OC)cc(C(=O)N[C@H](C)c2ccc(OC(F)F)cc2)c1. The van der Waals surface area contributed by atoms with Crippen molar-refractivity contribution < 1.29 is 27.8 Å². The zero-order valence-corrected chi connectivity index (χ0v) is 14.1. The van der Waals surface area contributed by atoms with E-state index < -0.39 is 6.61 Å². The number of nitrogens with one attached hydrogen (secondary N) is 1. The zero-order chi connectivity index (χ0) is 18.4. The number of rotatable bonds is 7. The van der Waals surface area contributed by atoms with Gasteiger partial charge in [0.05, 0.1) is 20.3 Å². The third-order valence-corrected chi connectivity index (χ3v) is 3.57. The lowest BCUT2D eigenvalue weighted by Crippen LogP contribution is -2.26. The van der Waals surface area contributed by atoms with E-state index in [1.54, 1.807) is 37.3 Å². The number of carbonyl (C=O) groups is 1. The van der Waals surface area contributed by atoms with Gasteiger partial charge in [-0.3, -0.25) is 4.79 Å². The molecule has 1 N–H and O–H groups in total. The van der Waals surface area contributed by atoms with Gasteiger partial charge in [0.1, 0.15) is 17.2 Å². The van der Waals surface area contributed by atoms with E-state index in [1.165, 1.54) is 26.4 Å². The van der Waals surface area contributed by atoms with Crippen LogP contribution in [0.3, 0.4) is 0 Å². The fraction of sp³-hybridized carbons (Fsp3) is 0.278. The van der Waals surface area contributed by atoms with Crippen molar-refractivity contribution in [3.63, 3.8) is 0 Å². The van der Waals surface area contributed by atoms with Crippen LogP contribution < -0.4 is 19.5 Å².